The van der Waals surface area contributed by atoms with Gasteiger partial charge in [-0.2, -0.15) is 0 Å². The first-order chi connectivity index (χ1) is 11.5. The van der Waals surface area contributed by atoms with Crippen LogP contribution in [-0.2, 0) is 16.1 Å². The van der Waals surface area contributed by atoms with E-state index in [0.29, 0.717) is 29.4 Å². The molecule has 1 aromatic heterocycles. The molecule has 0 radical (unpaired) electrons. The van der Waals surface area contributed by atoms with Gasteiger partial charge in [-0.05, 0) is 25.1 Å². The number of para-hydroxylation sites is 2. The van der Waals surface area contributed by atoms with Crippen LogP contribution in [0.5, 0.6) is 5.75 Å². The lowest BCUT2D eigenvalue weighted by Crippen LogP contribution is -2.15. The van der Waals surface area contributed by atoms with E-state index >= 15 is 0 Å². The maximum Gasteiger partial charge on any atom is 0.341 e. The fourth-order valence-corrected chi connectivity index (χ4v) is 2.13. The summed E-state index contributed by atoms with van der Waals surface area (Å²) in [6, 6.07) is 8.96. The topological polar surface area (TPSA) is 104 Å². The molecule has 1 aromatic carbocycles. The number of esters is 1. The average Bonchev–Trinajstić information content (AvgIpc) is 2.94. The Kier molecular flexibility index (Phi) is 5.83. The number of carbonyl (C=O) groups is 2. The normalized spacial score (nSPS) is 10.2. The van der Waals surface area contributed by atoms with Crippen LogP contribution in [0.3, 0.4) is 0 Å². The number of primary amides is 1. The first kappa shape index (κ1) is 17.4. The minimum absolute atomic E-state index is 0.147. The van der Waals surface area contributed by atoms with Crippen molar-refractivity contribution in [2.45, 2.75) is 19.9 Å². The summed E-state index contributed by atoms with van der Waals surface area (Å²) >= 11 is 0. The largest absolute Gasteiger partial charge is 0.491 e. The second kappa shape index (κ2) is 8.05. The van der Waals surface area contributed by atoms with Gasteiger partial charge in [-0.1, -0.05) is 12.1 Å². The summed E-state index contributed by atoms with van der Waals surface area (Å²) in [4.78, 5) is 22.4. The monoisotopic (exact) mass is 332 g/mol. The van der Waals surface area contributed by atoms with Crippen molar-refractivity contribution in [2.24, 2.45) is 5.73 Å². The molecule has 1 heterocycles. The fourth-order valence-electron chi connectivity index (χ4n) is 2.13. The van der Waals surface area contributed by atoms with Gasteiger partial charge in [0.2, 0.25) is 5.91 Å². The Morgan fingerprint density at radius 2 is 2.04 bits per heavy atom. The van der Waals surface area contributed by atoms with Crippen molar-refractivity contribution >= 4 is 17.6 Å². The number of carbonyl (C=O) groups excluding carboxylic acids is 2. The van der Waals surface area contributed by atoms with Crippen LogP contribution in [0.15, 0.2) is 34.7 Å². The van der Waals surface area contributed by atoms with Crippen LogP contribution in [0.2, 0.25) is 0 Å². The lowest BCUT2D eigenvalue weighted by molar-refractivity contribution is -0.118. The van der Waals surface area contributed by atoms with Gasteiger partial charge in [0.15, 0.2) is 0 Å². The molecule has 7 heteroatoms. The highest BCUT2D eigenvalue weighted by atomic mass is 16.5. The van der Waals surface area contributed by atoms with Gasteiger partial charge in [-0.3, -0.25) is 4.79 Å². The summed E-state index contributed by atoms with van der Waals surface area (Å²) in [5.74, 6) is 0.860. The summed E-state index contributed by atoms with van der Waals surface area (Å²) in [5.41, 5.74) is 6.25. The van der Waals surface area contributed by atoms with E-state index in [-0.39, 0.29) is 13.0 Å². The summed E-state index contributed by atoms with van der Waals surface area (Å²) in [6.45, 7) is 2.28. The molecule has 0 aliphatic heterocycles. The van der Waals surface area contributed by atoms with Gasteiger partial charge < -0.3 is 24.9 Å². The first-order valence-corrected chi connectivity index (χ1v) is 7.43. The van der Waals surface area contributed by atoms with E-state index in [9.17, 15) is 9.59 Å². The predicted octanol–water partition coefficient (Wildman–Crippen LogP) is 2.24. The van der Waals surface area contributed by atoms with Crippen molar-refractivity contribution < 1.29 is 23.5 Å². The summed E-state index contributed by atoms with van der Waals surface area (Å²) in [6.07, 6.45) is 0.147. The van der Waals surface area contributed by atoms with Crippen molar-refractivity contribution in [3.05, 3.63) is 47.4 Å². The third-order valence-electron chi connectivity index (χ3n) is 3.32. The Morgan fingerprint density at radius 3 is 2.75 bits per heavy atom. The lowest BCUT2D eigenvalue weighted by atomic mass is 10.2. The van der Waals surface area contributed by atoms with Gasteiger partial charge in [0.1, 0.15) is 22.8 Å². The molecule has 0 saturated heterocycles. The van der Waals surface area contributed by atoms with Gasteiger partial charge in [0, 0.05) is 0 Å². The summed E-state index contributed by atoms with van der Waals surface area (Å²) < 4.78 is 15.8. The lowest BCUT2D eigenvalue weighted by Gasteiger charge is -2.12. The third kappa shape index (κ3) is 4.52. The van der Waals surface area contributed by atoms with Gasteiger partial charge >= 0.3 is 5.97 Å². The SMILES string of the molecule is COC(=O)c1cc(CNc2ccccc2OCCC(N)=O)oc1C. The molecule has 2 rings (SSSR count). The van der Waals surface area contributed by atoms with Crippen molar-refractivity contribution in [1.29, 1.82) is 0 Å². The molecule has 128 valence electrons. The van der Waals surface area contributed by atoms with Crippen LogP contribution < -0.4 is 15.8 Å². The Balaban J connectivity index is 2.01. The van der Waals surface area contributed by atoms with E-state index in [1.807, 2.05) is 18.2 Å². The molecule has 3 N–H and O–H groups in total. The van der Waals surface area contributed by atoms with E-state index in [2.05, 4.69) is 5.32 Å². The summed E-state index contributed by atoms with van der Waals surface area (Å²) in [7, 11) is 1.33. The van der Waals surface area contributed by atoms with Crippen LogP contribution in [-0.4, -0.2) is 25.6 Å². The van der Waals surface area contributed by atoms with E-state index in [0.717, 1.165) is 5.69 Å². The molecule has 0 saturated carbocycles. The highest BCUT2D eigenvalue weighted by Gasteiger charge is 2.15. The first-order valence-electron chi connectivity index (χ1n) is 7.43. The van der Waals surface area contributed by atoms with Crippen molar-refractivity contribution in [3.8, 4) is 5.75 Å². The number of anilines is 1. The number of aryl methyl sites for hydroxylation is 1. The quantitative estimate of drug-likeness (QED) is 0.719. The second-order valence-electron chi connectivity index (χ2n) is 5.09. The average molecular weight is 332 g/mol. The Bertz CT molecular complexity index is 724. The minimum Gasteiger partial charge on any atom is -0.491 e. The van der Waals surface area contributed by atoms with Crippen molar-refractivity contribution in [2.75, 3.05) is 19.0 Å². The Labute approximate surface area is 139 Å². The van der Waals surface area contributed by atoms with Gasteiger partial charge in [-0.25, -0.2) is 4.79 Å². The second-order valence-corrected chi connectivity index (χ2v) is 5.09. The van der Waals surface area contributed by atoms with Gasteiger partial charge in [-0.15, -0.1) is 0 Å². The van der Waals surface area contributed by atoms with Gasteiger partial charge in [0.25, 0.3) is 0 Å². The molecule has 2 aromatic rings. The van der Waals surface area contributed by atoms with E-state index in [4.69, 9.17) is 19.6 Å². The van der Waals surface area contributed by atoms with E-state index in [1.54, 1.807) is 19.1 Å². The Hall–Kier alpha value is -2.96. The number of hydrogen-bond acceptors (Lipinski definition) is 6. The number of amides is 1. The number of furan rings is 1. The number of nitrogens with two attached hydrogens (primary N) is 1. The highest BCUT2D eigenvalue weighted by Crippen LogP contribution is 2.25. The number of hydrogen-bond donors (Lipinski definition) is 2. The van der Waals surface area contributed by atoms with Crippen LogP contribution >= 0.6 is 0 Å². The number of benzene rings is 1. The van der Waals surface area contributed by atoms with Crippen LogP contribution in [0.1, 0.15) is 28.3 Å². The number of rotatable bonds is 8. The molecule has 0 spiro atoms. The molecule has 0 unspecified atom stereocenters. The molecule has 1 amide bonds. The number of nitrogens with one attached hydrogen (secondary N) is 1. The van der Waals surface area contributed by atoms with E-state index in [1.165, 1.54) is 7.11 Å². The van der Waals surface area contributed by atoms with Crippen LogP contribution in [0.25, 0.3) is 0 Å². The van der Waals surface area contributed by atoms with Crippen molar-refractivity contribution in [3.63, 3.8) is 0 Å². The molecular formula is C17H20N2O5. The molecule has 0 bridgehead atoms. The molecule has 0 aliphatic rings. The predicted molar refractivity (Wildman–Crippen MR) is 87.9 cm³/mol. The van der Waals surface area contributed by atoms with Crippen LogP contribution in [0, 0.1) is 6.92 Å². The molecule has 0 atom stereocenters. The Morgan fingerprint density at radius 1 is 1.29 bits per heavy atom. The van der Waals surface area contributed by atoms with Crippen molar-refractivity contribution in [1.82, 2.24) is 0 Å². The highest BCUT2D eigenvalue weighted by molar-refractivity contribution is 5.90. The molecule has 7 nitrogen and oxygen atoms in total. The maximum absolute atomic E-state index is 11.6. The minimum atomic E-state index is -0.433. The maximum atomic E-state index is 11.6. The molecular weight excluding hydrogens is 312 g/mol. The number of ether oxygens (including phenoxy) is 2. The third-order valence-corrected chi connectivity index (χ3v) is 3.32. The zero-order valence-electron chi connectivity index (χ0n) is 13.6. The number of methoxy groups -OCH3 is 1. The molecule has 24 heavy (non-hydrogen) atoms. The summed E-state index contributed by atoms with van der Waals surface area (Å²) in [5, 5.41) is 3.18. The smallest absolute Gasteiger partial charge is 0.341 e. The van der Waals surface area contributed by atoms with E-state index < -0.39 is 11.9 Å². The molecule has 0 fully saturated rings. The molecule has 0 aliphatic carbocycles. The zero-order chi connectivity index (χ0) is 17.5. The zero-order valence-corrected chi connectivity index (χ0v) is 13.6. The van der Waals surface area contributed by atoms with Crippen LogP contribution in [0.4, 0.5) is 5.69 Å². The standard InChI is InChI=1S/C17H20N2O5/c1-11-13(17(21)22-2)9-12(24-11)10-19-14-5-3-4-6-15(14)23-8-7-16(18)20/h3-6,9,19H,7-8,10H2,1-2H3,(H2,18,20). The fraction of sp³-hybridized carbons (Fsp3) is 0.294. The van der Waals surface area contributed by atoms with Gasteiger partial charge in [0.05, 0.1) is 32.4 Å².